The van der Waals surface area contributed by atoms with Gasteiger partial charge in [0.1, 0.15) is 5.82 Å². The van der Waals surface area contributed by atoms with Gasteiger partial charge in [-0.25, -0.2) is 12.8 Å². The van der Waals surface area contributed by atoms with Crippen LogP contribution in [0.3, 0.4) is 0 Å². The molecule has 0 radical (unpaired) electrons. The number of anilines is 1. The number of nitrogens with one attached hydrogen (secondary N) is 1. The average molecular weight is 386 g/mol. The van der Waals surface area contributed by atoms with Crippen molar-refractivity contribution in [2.24, 2.45) is 0 Å². The van der Waals surface area contributed by atoms with Crippen LogP contribution in [0.5, 0.6) is 0 Å². The molecule has 0 fully saturated rings. The van der Waals surface area contributed by atoms with Crippen molar-refractivity contribution in [3.63, 3.8) is 0 Å². The van der Waals surface area contributed by atoms with E-state index in [0.29, 0.717) is 10.2 Å². The lowest BCUT2D eigenvalue weighted by Gasteiger charge is -2.11. The van der Waals surface area contributed by atoms with Crippen molar-refractivity contribution >= 4 is 37.4 Å². The minimum atomic E-state index is -3.52. The fourth-order valence-corrected chi connectivity index (χ4v) is 3.40. The topological polar surface area (TPSA) is 63.2 Å². The van der Waals surface area contributed by atoms with Gasteiger partial charge >= 0.3 is 0 Å². The van der Waals surface area contributed by atoms with Gasteiger partial charge in [-0.2, -0.15) is 0 Å². The molecule has 0 saturated carbocycles. The van der Waals surface area contributed by atoms with E-state index < -0.39 is 21.6 Å². The number of carbonyl (C=O) groups is 1. The number of halogens is 2. The Hall–Kier alpha value is -1.73. The molecule has 1 amide bonds. The standard InChI is InChI=1S/C15H13BrFNO3S/c1-2-22(20,21)14-6-4-3-5-11(14)15(19)18-13-8-7-10(17)9-12(13)16/h3-9H,2H2,1H3,(H,18,19). The summed E-state index contributed by atoms with van der Waals surface area (Å²) in [5, 5.41) is 2.57. The Kier molecular flexibility index (Phi) is 4.97. The van der Waals surface area contributed by atoms with Crippen LogP contribution in [-0.4, -0.2) is 20.1 Å². The van der Waals surface area contributed by atoms with Gasteiger partial charge in [0.15, 0.2) is 9.84 Å². The van der Waals surface area contributed by atoms with Gasteiger partial charge in [-0.3, -0.25) is 4.79 Å². The maximum atomic E-state index is 13.1. The van der Waals surface area contributed by atoms with Gasteiger partial charge in [0.25, 0.3) is 5.91 Å². The van der Waals surface area contributed by atoms with Crippen LogP contribution < -0.4 is 5.32 Å². The van der Waals surface area contributed by atoms with E-state index in [4.69, 9.17) is 0 Å². The van der Waals surface area contributed by atoms with Crippen molar-refractivity contribution in [2.75, 3.05) is 11.1 Å². The number of sulfone groups is 1. The Morgan fingerprint density at radius 2 is 1.91 bits per heavy atom. The van der Waals surface area contributed by atoms with Crippen LogP contribution in [0.2, 0.25) is 0 Å². The van der Waals surface area contributed by atoms with E-state index in [-0.39, 0.29) is 16.2 Å². The highest BCUT2D eigenvalue weighted by Gasteiger charge is 2.21. The van der Waals surface area contributed by atoms with E-state index >= 15 is 0 Å². The Balaban J connectivity index is 2.39. The Morgan fingerprint density at radius 3 is 2.55 bits per heavy atom. The zero-order valence-electron chi connectivity index (χ0n) is 11.6. The summed E-state index contributed by atoms with van der Waals surface area (Å²) in [7, 11) is -3.52. The van der Waals surface area contributed by atoms with Crippen molar-refractivity contribution in [3.05, 3.63) is 58.3 Å². The first-order valence-electron chi connectivity index (χ1n) is 6.43. The predicted molar refractivity (Wildman–Crippen MR) is 86.2 cm³/mol. The first kappa shape index (κ1) is 16.6. The Labute approximate surface area is 136 Å². The Bertz CT molecular complexity index is 821. The lowest BCUT2D eigenvalue weighted by atomic mass is 10.2. The number of hydrogen-bond donors (Lipinski definition) is 1. The third kappa shape index (κ3) is 3.53. The summed E-state index contributed by atoms with van der Waals surface area (Å²) in [6.45, 7) is 1.51. The SMILES string of the molecule is CCS(=O)(=O)c1ccccc1C(=O)Nc1ccc(F)cc1Br. The molecule has 0 unspecified atom stereocenters. The normalized spacial score (nSPS) is 11.2. The molecule has 0 bridgehead atoms. The highest BCUT2D eigenvalue weighted by molar-refractivity contribution is 9.10. The number of amides is 1. The van der Waals surface area contributed by atoms with Crippen molar-refractivity contribution < 1.29 is 17.6 Å². The van der Waals surface area contributed by atoms with Crippen molar-refractivity contribution in [1.29, 1.82) is 0 Å². The summed E-state index contributed by atoms with van der Waals surface area (Å²) in [5.41, 5.74) is 0.413. The molecule has 0 heterocycles. The van der Waals surface area contributed by atoms with Gasteiger partial charge in [0.05, 0.1) is 21.9 Å². The molecule has 0 spiro atoms. The minimum absolute atomic E-state index is 0.0202. The van der Waals surface area contributed by atoms with Crippen molar-refractivity contribution in [2.45, 2.75) is 11.8 Å². The van der Waals surface area contributed by atoms with E-state index in [2.05, 4.69) is 21.2 Å². The quantitative estimate of drug-likeness (QED) is 0.873. The van der Waals surface area contributed by atoms with Gasteiger partial charge < -0.3 is 5.32 Å². The van der Waals surface area contributed by atoms with E-state index in [9.17, 15) is 17.6 Å². The second kappa shape index (κ2) is 6.58. The van der Waals surface area contributed by atoms with Crippen LogP contribution in [0.4, 0.5) is 10.1 Å². The fourth-order valence-electron chi connectivity index (χ4n) is 1.86. The second-order valence-electron chi connectivity index (χ2n) is 4.48. The molecule has 116 valence electrons. The molecule has 2 aromatic carbocycles. The zero-order chi connectivity index (χ0) is 16.3. The molecule has 2 rings (SSSR count). The highest BCUT2D eigenvalue weighted by atomic mass is 79.9. The van der Waals surface area contributed by atoms with Crippen LogP contribution in [0.15, 0.2) is 51.8 Å². The third-order valence-electron chi connectivity index (χ3n) is 3.03. The zero-order valence-corrected chi connectivity index (χ0v) is 14.0. The van der Waals surface area contributed by atoms with Crippen molar-refractivity contribution in [3.8, 4) is 0 Å². The average Bonchev–Trinajstić information content (AvgIpc) is 2.50. The summed E-state index contributed by atoms with van der Waals surface area (Å²) < 4.78 is 37.5. The first-order valence-corrected chi connectivity index (χ1v) is 8.88. The number of rotatable bonds is 4. The van der Waals surface area contributed by atoms with E-state index in [1.807, 2.05) is 0 Å². The van der Waals surface area contributed by atoms with Crippen LogP contribution in [0.1, 0.15) is 17.3 Å². The smallest absolute Gasteiger partial charge is 0.257 e. The highest BCUT2D eigenvalue weighted by Crippen LogP contribution is 2.25. The van der Waals surface area contributed by atoms with Crippen LogP contribution in [0, 0.1) is 5.82 Å². The molecule has 0 aliphatic carbocycles. The molecule has 7 heteroatoms. The summed E-state index contributed by atoms with van der Waals surface area (Å²) >= 11 is 3.15. The van der Waals surface area contributed by atoms with E-state index in [1.54, 1.807) is 12.1 Å². The van der Waals surface area contributed by atoms with Crippen molar-refractivity contribution in [1.82, 2.24) is 0 Å². The molecule has 2 aromatic rings. The summed E-state index contributed by atoms with van der Waals surface area (Å²) in [6.07, 6.45) is 0. The molecule has 0 aromatic heterocycles. The number of hydrogen-bond acceptors (Lipinski definition) is 3. The summed E-state index contributed by atoms with van der Waals surface area (Å²) in [5.74, 6) is -1.11. The van der Waals surface area contributed by atoms with Crippen LogP contribution >= 0.6 is 15.9 Å². The van der Waals surface area contributed by atoms with Gasteiger partial charge in [0, 0.05) is 4.47 Å². The minimum Gasteiger partial charge on any atom is -0.321 e. The molecule has 22 heavy (non-hydrogen) atoms. The molecule has 0 aliphatic heterocycles. The van der Waals surface area contributed by atoms with E-state index in [1.165, 1.54) is 37.3 Å². The molecule has 1 N–H and O–H groups in total. The summed E-state index contributed by atoms with van der Waals surface area (Å²) in [6, 6.07) is 9.80. The van der Waals surface area contributed by atoms with Gasteiger partial charge in [-0.15, -0.1) is 0 Å². The molecular formula is C15H13BrFNO3S. The lowest BCUT2D eigenvalue weighted by molar-refractivity contribution is 0.102. The third-order valence-corrected chi connectivity index (χ3v) is 5.47. The largest absolute Gasteiger partial charge is 0.321 e. The monoisotopic (exact) mass is 385 g/mol. The van der Waals surface area contributed by atoms with E-state index in [0.717, 1.165) is 0 Å². The number of benzene rings is 2. The van der Waals surface area contributed by atoms with Crippen LogP contribution in [-0.2, 0) is 9.84 Å². The van der Waals surface area contributed by atoms with Crippen LogP contribution in [0.25, 0.3) is 0 Å². The molecular weight excluding hydrogens is 373 g/mol. The maximum absolute atomic E-state index is 13.1. The number of carbonyl (C=O) groups excluding carboxylic acids is 1. The molecule has 0 aliphatic rings. The summed E-state index contributed by atoms with van der Waals surface area (Å²) in [4.78, 5) is 12.3. The maximum Gasteiger partial charge on any atom is 0.257 e. The first-order chi connectivity index (χ1) is 10.3. The Morgan fingerprint density at radius 1 is 1.23 bits per heavy atom. The van der Waals surface area contributed by atoms with Gasteiger partial charge in [-0.1, -0.05) is 19.1 Å². The molecule has 0 atom stereocenters. The second-order valence-corrected chi connectivity index (χ2v) is 7.58. The molecule has 0 saturated heterocycles. The van der Waals surface area contributed by atoms with Gasteiger partial charge in [0.2, 0.25) is 0 Å². The predicted octanol–water partition coefficient (Wildman–Crippen LogP) is 3.63. The van der Waals surface area contributed by atoms with Gasteiger partial charge in [-0.05, 0) is 46.3 Å². The molecule has 4 nitrogen and oxygen atoms in total. The lowest BCUT2D eigenvalue weighted by Crippen LogP contribution is -2.17. The fraction of sp³-hybridized carbons (Fsp3) is 0.133.